The number of Topliss-reactive ketones (excluding diaryl/α,β-unsaturated/α-hetero) is 2. The molecule has 2 atom stereocenters. The predicted octanol–water partition coefficient (Wildman–Crippen LogP) is 5.67. The summed E-state index contributed by atoms with van der Waals surface area (Å²) in [5, 5.41) is 0. The highest BCUT2D eigenvalue weighted by Gasteiger charge is 2.28. The molecule has 7 heteroatoms. The molecule has 0 spiro atoms. The summed E-state index contributed by atoms with van der Waals surface area (Å²) in [7, 11) is 0. The van der Waals surface area contributed by atoms with E-state index in [0.29, 0.717) is 57.8 Å². The summed E-state index contributed by atoms with van der Waals surface area (Å²) in [6.07, 6.45) is 5.97. The zero-order valence-corrected chi connectivity index (χ0v) is 21.6. The maximum atomic E-state index is 11.4. The molecule has 0 aromatic heterocycles. The third kappa shape index (κ3) is 13.4. The molecule has 208 valence electrons. The normalized spacial score (nSPS) is 19.0. The van der Waals surface area contributed by atoms with Gasteiger partial charge in [0.15, 0.2) is 0 Å². The van der Waals surface area contributed by atoms with Crippen LogP contribution in [0.4, 0.5) is 0 Å². The van der Waals surface area contributed by atoms with Gasteiger partial charge in [-0.25, -0.2) is 0 Å². The Morgan fingerprint density at radius 2 is 1.26 bits per heavy atom. The molecule has 0 bridgehead atoms. The lowest BCUT2D eigenvalue weighted by Gasteiger charge is -2.25. The van der Waals surface area contributed by atoms with Crippen molar-refractivity contribution in [3.05, 3.63) is 71.8 Å². The number of ketones is 2. The van der Waals surface area contributed by atoms with Gasteiger partial charge in [-0.15, -0.1) is 0 Å². The summed E-state index contributed by atoms with van der Waals surface area (Å²) in [5.41, 5.74) is 2.32. The molecule has 38 heavy (non-hydrogen) atoms. The van der Waals surface area contributed by atoms with Gasteiger partial charge < -0.3 is 19.0 Å². The van der Waals surface area contributed by atoms with Gasteiger partial charge >= 0.3 is 0 Å². The van der Waals surface area contributed by atoms with Crippen molar-refractivity contribution in [1.82, 2.24) is 0 Å². The highest BCUT2D eigenvalue weighted by Crippen LogP contribution is 2.23. The Hall–Kier alpha value is -3.16. The van der Waals surface area contributed by atoms with Crippen molar-refractivity contribution in [2.24, 2.45) is 5.92 Å². The maximum absolute atomic E-state index is 11.4. The number of carbonyl (C=O) groups is 4. The van der Waals surface area contributed by atoms with E-state index < -0.39 is 5.92 Å². The first-order valence-corrected chi connectivity index (χ1v) is 12.9. The molecule has 0 N–H and O–H groups in total. The summed E-state index contributed by atoms with van der Waals surface area (Å²) in [4.78, 5) is 42.3. The van der Waals surface area contributed by atoms with E-state index in [1.165, 1.54) is 5.56 Å². The second kappa shape index (κ2) is 19.9. The number of hydrogen-bond donors (Lipinski definition) is 0. The van der Waals surface area contributed by atoms with Crippen LogP contribution in [0.3, 0.4) is 0 Å². The van der Waals surface area contributed by atoms with E-state index >= 15 is 0 Å². The summed E-state index contributed by atoms with van der Waals surface area (Å²) in [6, 6.07) is 20.1. The van der Waals surface area contributed by atoms with Gasteiger partial charge in [-0.3, -0.25) is 14.4 Å². The van der Waals surface area contributed by atoms with Crippen LogP contribution >= 0.6 is 0 Å². The highest BCUT2D eigenvalue weighted by molar-refractivity contribution is 5.93. The van der Waals surface area contributed by atoms with Crippen LogP contribution in [0.1, 0.15) is 70.4 Å². The predicted molar refractivity (Wildman–Crippen MR) is 146 cm³/mol. The maximum Gasteiger partial charge on any atom is 0.293 e. The summed E-state index contributed by atoms with van der Waals surface area (Å²) < 4.78 is 15.7. The molecule has 0 saturated heterocycles. The molecule has 2 unspecified atom stereocenters. The molecule has 2 saturated carbocycles. The first kappa shape index (κ1) is 32.9. The number of carbonyl (C=O) groups excluding carboxylic acids is 4. The van der Waals surface area contributed by atoms with Crippen LogP contribution in [0.25, 0.3) is 0 Å². The highest BCUT2D eigenvalue weighted by atomic mass is 16.5. The van der Waals surface area contributed by atoms with Crippen LogP contribution in [0.2, 0.25) is 0 Å². The Morgan fingerprint density at radius 3 is 1.71 bits per heavy atom. The van der Waals surface area contributed by atoms with E-state index in [9.17, 15) is 19.2 Å². The Labute approximate surface area is 226 Å². The summed E-state index contributed by atoms with van der Waals surface area (Å²) in [5.74, 6) is -0.0151. The van der Waals surface area contributed by atoms with Gasteiger partial charge in [0.2, 0.25) is 0 Å². The first-order valence-electron chi connectivity index (χ1n) is 12.9. The molecule has 0 radical (unpaired) electrons. The second-order valence-electron chi connectivity index (χ2n) is 8.99. The molecule has 4 rings (SSSR count). The lowest BCUT2D eigenvalue weighted by Crippen LogP contribution is -2.30. The quantitative estimate of drug-likeness (QED) is 0.307. The average Bonchev–Trinajstić information content (AvgIpc) is 2.94. The third-order valence-electron chi connectivity index (χ3n) is 6.19. The summed E-state index contributed by atoms with van der Waals surface area (Å²) >= 11 is 0. The monoisotopic (exact) mass is 526 g/mol. The smallest absolute Gasteiger partial charge is 0.293 e. The lowest BCUT2D eigenvalue weighted by atomic mass is 9.87. The van der Waals surface area contributed by atoms with Crippen LogP contribution < -0.4 is 0 Å². The standard InChI is InChI=1S/C14H16O3.C13H16O2.C3H6O2.CH4/c15-9-12-8-13(6-7-14(12)16)17-10-11-4-2-1-3-5-11;14-12-6-8-13(9-7-12)15-10-11-4-2-1-3-5-11;1-2-5-3-4;/h1-5,9,12-13H,6-8,10H2;1-5,13H,6-10H2;3H,2H2,1H3;1H4. The van der Waals surface area contributed by atoms with Crippen molar-refractivity contribution in [3.63, 3.8) is 0 Å². The van der Waals surface area contributed by atoms with Crippen molar-refractivity contribution in [1.29, 1.82) is 0 Å². The fraction of sp³-hybridized carbons (Fsp3) is 0.484. The van der Waals surface area contributed by atoms with E-state index in [2.05, 4.69) is 16.9 Å². The number of ether oxygens (including phenoxy) is 3. The molecular weight excluding hydrogens is 484 g/mol. The molecule has 0 heterocycles. The molecule has 0 amide bonds. The fourth-order valence-corrected chi connectivity index (χ4v) is 4.03. The van der Waals surface area contributed by atoms with Crippen LogP contribution in [-0.4, -0.2) is 43.1 Å². The SMILES string of the molecule is C.CCOC=O.O=C1CCC(OCc2ccccc2)CC1.O=CC1CC(OCc2ccccc2)CCC1=O. The van der Waals surface area contributed by atoms with Gasteiger partial charge in [0.05, 0.1) is 37.9 Å². The van der Waals surface area contributed by atoms with Crippen LogP contribution in [0, 0.1) is 5.92 Å². The molecule has 2 aromatic carbocycles. The first-order chi connectivity index (χ1) is 18.0. The number of hydrogen-bond acceptors (Lipinski definition) is 7. The van der Waals surface area contributed by atoms with Crippen molar-refractivity contribution >= 4 is 24.3 Å². The Kier molecular flexibility index (Phi) is 17.2. The molecule has 2 fully saturated rings. The number of benzene rings is 2. The van der Waals surface area contributed by atoms with Gasteiger partial charge in [-0.2, -0.15) is 0 Å². The molecule has 0 aliphatic heterocycles. The van der Waals surface area contributed by atoms with Gasteiger partial charge in [0.1, 0.15) is 17.9 Å². The van der Waals surface area contributed by atoms with Gasteiger partial charge in [-0.1, -0.05) is 68.1 Å². The van der Waals surface area contributed by atoms with Gasteiger partial charge in [0.25, 0.3) is 6.47 Å². The van der Waals surface area contributed by atoms with E-state index in [-0.39, 0.29) is 25.4 Å². The van der Waals surface area contributed by atoms with E-state index in [1.54, 1.807) is 6.92 Å². The van der Waals surface area contributed by atoms with Crippen LogP contribution in [-0.2, 0) is 46.6 Å². The lowest BCUT2D eigenvalue weighted by molar-refractivity contribution is -0.133. The molecular formula is C31H42O7. The zero-order chi connectivity index (χ0) is 26.7. The molecule has 2 aromatic rings. The minimum Gasteiger partial charge on any atom is -0.468 e. The molecule has 7 nitrogen and oxygen atoms in total. The molecule has 2 aliphatic carbocycles. The average molecular weight is 527 g/mol. The Morgan fingerprint density at radius 1 is 0.763 bits per heavy atom. The fourth-order valence-electron chi connectivity index (χ4n) is 4.03. The van der Waals surface area contributed by atoms with Gasteiger partial charge in [0, 0.05) is 19.3 Å². The summed E-state index contributed by atoms with van der Waals surface area (Å²) in [6.45, 7) is 3.88. The van der Waals surface area contributed by atoms with E-state index in [4.69, 9.17) is 9.47 Å². The zero-order valence-electron chi connectivity index (χ0n) is 21.6. The van der Waals surface area contributed by atoms with E-state index in [1.807, 2.05) is 48.5 Å². The van der Waals surface area contributed by atoms with E-state index in [0.717, 1.165) is 31.1 Å². The Balaban J connectivity index is 0.000000318. The Bertz CT molecular complexity index is 920. The van der Waals surface area contributed by atoms with Crippen molar-refractivity contribution in [3.8, 4) is 0 Å². The number of aldehydes is 1. The minimum atomic E-state index is -0.454. The minimum absolute atomic E-state index is 0. The van der Waals surface area contributed by atoms with Crippen molar-refractivity contribution in [2.75, 3.05) is 6.61 Å². The van der Waals surface area contributed by atoms with Crippen LogP contribution in [0.15, 0.2) is 60.7 Å². The third-order valence-corrected chi connectivity index (χ3v) is 6.19. The molecule has 2 aliphatic rings. The van der Waals surface area contributed by atoms with Crippen LogP contribution in [0.5, 0.6) is 0 Å². The van der Waals surface area contributed by atoms with Crippen molar-refractivity contribution < 1.29 is 33.4 Å². The number of rotatable bonds is 9. The largest absolute Gasteiger partial charge is 0.468 e. The topological polar surface area (TPSA) is 96.0 Å². The van der Waals surface area contributed by atoms with Gasteiger partial charge in [-0.05, 0) is 43.7 Å². The van der Waals surface area contributed by atoms with Crippen molar-refractivity contribution in [2.45, 2.75) is 84.7 Å². The second-order valence-corrected chi connectivity index (χ2v) is 8.99.